The third kappa shape index (κ3) is 3.08. The van der Waals surface area contributed by atoms with Crippen LogP contribution in [0.4, 0.5) is 0 Å². The van der Waals surface area contributed by atoms with Crippen LogP contribution in [0.2, 0.25) is 0 Å². The number of hydrogen-bond acceptors (Lipinski definition) is 3. The van der Waals surface area contributed by atoms with E-state index in [1.807, 2.05) is 31.4 Å². The molecule has 0 fully saturated rings. The van der Waals surface area contributed by atoms with Gasteiger partial charge in [-0.2, -0.15) is 5.10 Å². The largest absolute Gasteiger partial charge is 0.488 e. The minimum atomic E-state index is 0.317. The fourth-order valence-corrected chi connectivity index (χ4v) is 2.05. The predicted octanol–water partition coefficient (Wildman–Crippen LogP) is 2.40. The van der Waals surface area contributed by atoms with Crippen LogP contribution in [0.3, 0.4) is 0 Å². The Morgan fingerprint density at radius 1 is 1.56 bits per heavy atom. The van der Waals surface area contributed by atoms with Crippen molar-refractivity contribution in [3.05, 3.63) is 46.2 Å². The fourth-order valence-electron chi connectivity index (χ4n) is 1.53. The first-order valence-corrected chi connectivity index (χ1v) is 6.46. The molecule has 0 atom stereocenters. The van der Waals surface area contributed by atoms with Crippen LogP contribution >= 0.6 is 28.1 Å². The number of aryl methyl sites for hydroxylation is 1. The number of benzene rings is 1. The van der Waals surface area contributed by atoms with Gasteiger partial charge in [-0.05, 0) is 18.2 Å². The molecule has 18 heavy (non-hydrogen) atoms. The van der Waals surface area contributed by atoms with Crippen molar-refractivity contribution in [2.45, 2.75) is 6.61 Å². The molecule has 1 heterocycles. The number of nitrogens with zero attached hydrogens (tertiary/aromatic N) is 2. The topological polar surface area (TPSA) is 53.1 Å². The third-order valence-electron chi connectivity index (χ3n) is 2.36. The lowest BCUT2D eigenvalue weighted by Gasteiger charge is -2.10. The van der Waals surface area contributed by atoms with Gasteiger partial charge in [-0.15, -0.1) is 0 Å². The Bertz CT molecular complexity index is 582. The van der Waals surface area contributed by atoms with E-state index in [9.17, 15) is 0 Å². The molecule has 94 valence electrons. The van der Waals surface area contributed by atoms with Gasteiger partial charge in [0.2, 0.25) is 0 Å². The average Bonchev–Trinajstić information content (AvgIpc) is 2.73. The zero-order chi connectivity index (χ0) is 13.1. The number of aromatic nitrogens is 2. The van der Waals surface area contributed by atoms with Gasteiger partial charge in [-0.25, -0.2) is 0 Å². The van der Waals surface area contributed by atoms with E-state index in [4.69, 9.17) is 22.7 Å². The molecule has 0 radical (unpaired) electrons. The van der Waals surface area contributed by atoms with Crippen LogP contribution in [0.1, 0.15) is 11.1 Å². The molecule has 6 heteroatoms. The van der Waals surface area contributed by atoms with E-state index in [2.05, 4.69) is 21.0 Å². The van der Waals surface area contributed by atoms with Crippen LogP contribution in [0, 0.1) is 0 Å². The second-order valence-electron chi connectivity index (χ2n) is 3.82. The van der Waals surface area contributed by atoms with Crippen molar-refractivity contribution < 1.29 is 4.74 Å². The van der Waals surface area contributed by atoms with Gasteiger partial charge in [0.05, 0.1) is 11.8 Å². The highest BCUT2D eigenvalue weighted by molar-refractivity contribution is 9.10. The maximum Gasteiger partial charge on any atom is 0.130 e. The summed E-state index contributed by atoms with van der Waals surface area (Å²) >= 11 is 8.38. The van der Waals surface area contributed by atoms with Crippen molar-refractivity contribution in [3.8, 4) is 5.75 Å². The van der Waals surface area contributed by atoms with Crippen molar-refractivity contribution >= 4 is 33.1 Å². The molecule has 4 nitrogen and oxygen atoms in total. The first-order valence-electron chi connectivity index (χ1n) is 5.26. The van der Waals surface area contributed by atoms with Gasteiger partial charge < -0.3 is 10.5 Å². The Hall–Kier alpha value is -1.40. The maximum absolute atomic E-state index is 5.71. The van der Waals surface area contributed by atoms with E-state index in [0.717, 1.165) is 15.6 Å². The molecule has 2 N–H and O–H groups in total. The number of halogens is 1. The molecular weight excluding hydrogens is 314 g/mol. The first-order chi connectivity index (χ1) is 8.56. The van der Waals surface area contributed by atoms with Crippen LogP contribution in [0.15, 0.2) is 35.1 Å². The molecule has 2 aromatic rings. The van der Waals surface area contributed by atoms with Crippen molar-refractivity contribution in [1.82, 2.24) is 9.78 Å². The summed E-state index contributed by atoms with van der Waals surface area (Å²) in [6, 6.07) is 5.58. The Kier molecular flexibility index (Phi) is 3.98. The molecule has 0 saturated heterocycles. The molecule has 2 rings (SSSR count). The molecule has 0 saturated carbocycles. The van der Waals surface area contributed by atoms with Crippen LogP contribution < -0.4 is 10.5 Å². The highest BCUT2D eigenvalue weighted by Gasteiger charge is 2.08. The molecule has 0 aliphatic heterocycles. The van der Waals surface area contributed by atoms with Gasteiger partial charge in [-0.3, -0.25) is 4.68 Å². The minimum absolute atomic E-state index is 0.317. The Morgan fingerprint density at radius 2 is 2.33 bits per heavy atom. The standard InChI is InChI=1S/C12H12BrN3OS/c1-16-6-8(5-15-16)7-17-11-3-2-9(13)4-10(11)12(14)18/h2-6H,7H2,1H3,(H2,14,18). The van der Waals surface area contributed by atoms with Gasteiger partial charge in [0.1, 0.15) is 17.3 Å². The second kappa shape index (κ2) is 5.49. The zero-order valence-electron chi connectivity index (χ0n) is 9.76. The molecule has 0 spiro atoms. The first kappa shape index (κ1) is 13.0. The molecule has 0 aliphatic carbocycles. The molecule has 0 aliphatic rings. The summed E-state index contributed by atoms with van der Waals surface area (Å²) in [7, 11) is 1.86. The lowest BCUT2D eigenvalue weighted by Crippen LogP contribution is -2.11. The van der Waals surface area contributed by atoms with Crippen LogP contribution in [-0.2, 0) is 13.7 Å². The van der Waals surface area contributed by atoms with Crippen molar-refractivity contribution in [2.75, 3.05) is 0 Å². The number of nitrogens with two attached hydrogens (primary N) is 1. The summed E-state index contributed by atoms with van der Waals surface area (Å²) in [6.07, 6.45) is 3.67. The lowest BCUT2D eigenvalue weighted by atomic mass is 10.2. The summed E-state index contributed by atoms with van der Waals surface area (Å²) in [5.41, 5.74) is 7.39. The minimum Gasteiger partial charge on any atom is -0.488 e. The zero-order valence-corrected chi connectivity index (χ0v) is 12.2. The molecule has 0 amide bonds. The quantitative estimate of drug-likeness (QED) is 0.877. The van der Waals surface area contributed by atoms with E-state index in [-0.39, 0.29) is 0 Å². The van der Waals surface area contributed by atoms with Crippen LogP contribution in [0.25, 0.3) is 0 Å². The molecule has 0 unspecified atom stereocenters. The smallest absolute Gasteiger partial charge is 0.130 e. The lowest BCUT2D eigenvalue weighted by molar-refractivity contribution is 0.305. The normalized spacial score (nSPS) is 10.3. The SMILES string of the molecule is Cn1cc(COc2ccc(Br)cc2C(N)=S)cn1. The number of hydrogen-bond donors (Lipinski definition) is 1. The monoisotopic (exact) mass is 325 g/mol. The summed E-state index contributed by atoms with van der Waals surface area (Å²) in [5.74, 6) is 0.676. The van der Waals surface area contributed by atoms with E-state index < -0.39 is 0 Å². The molecule has 1 aromatic heterocycles. The summed E-state index contributed by atoms with van der Waals surface area (Å²) in [6.45, 7) is 0.436. The van der Waals surface area contributed by atoms with Crippen molar-refractivity contribution in [3.63, 3.8) is 0 Å². The van der Waals surface area contributed by atoms with Crippen LogP contribution in [0.5, 0.6) is 5.75 Å². The Morgan fingerprint density at radius 3 is 2.94 bits per heavy atom. The van der Waals surface area contributed by atoms with E-state index in [1.165, 1.54) is 0 Å². The second-order valence-corrected chi connectivity index (χ2v) is 5.17. The Labute approximate surface area is 119 Å². The number of rotatable bonds is 4. The molecule has 1 aromatic carbocycles. The Balaban J connectivity index is 2.16. The fraction of sp³-hybridized carbons (Fsp3) is 0.167. The number of thiocarbonyl (C=S) groups is 1. The van der Waals surface area contributed by atoms with Crippen molar-refractivity contribution in [1.29, 1.82) is 0 Å². The third-order valence-corrected chi connectivity index (χ3v) is 3.07. The predicted molar refractivity (Wildman–Crippen MR) is 77.6 cm³/mol. The van der Waals surface area contributed by atoms with Crippen LogP contribution in [-0.4, -0.2) is 14.8 Å². The molecular formula is C12H12BrN3OS. The van der Waals surface area contributed by atoms with Gasteiger partial charge in [-0.1, -0.05) is 28.1 Å². The summed E-state index contributed by atoms with van der Waals surface area (Å²) < 4.78 is 8.36. The highest BCUT2D eigenvalue weighted by atomic mass is 79.9. The molecule has 0 bridgehead atoms. The van der Waals surface area contributed by atoms with E-state index >= 15 is 0 Å². The van der Waals surface area contributed by atoms with E-state index in [0.29, 0.717) is 17.3 Å². The summed E-state index contributed by atoms with van der Waals surface area (Å²) in [4.78, 5) is 0.317. The number of ether oxygens (including phenoxy) is 1. The van der Waals surface area contributed by atoms with E-state index in [1.54, 1.807) is 10.9 Å². The maximum atomic E-state index is 5.71. The van der Waals surface area contributed by atoms with Gasteiger partial charge in [0.25, 0.3) is 0 Å². The van der Waals surface area contributed by atoms with Gasteiger partial charge in [0.15, 0.2) is 0 Å². The van der Waals surface area contributed by atoms with Gasteiger partial charge >= 0.3 is 0 Å². The van der Waals surface area contributed by atoms with Gasteiger partial charge in [0, 0.05) is 23.3 Å². The van der Waals surface area contributed by atoms with Crippen molar-refractivity contribution in [2.24, 2.45) is 12.8 Å². The highest BCUT2D eigenvalue weighted by Crippen LogP contribution is 2.24. The summed E-state index contributed by atoms with van der Waals surface area (Å²) in [5, 5.41) is 4.08. The average molecular weight is 326 g/mol.